The van der Waals surface area contributed by atoms with Crippen molar-refractivity contribution in [2.24, 2.45) is 4.99 Å². The van der Waals surface area contributed by atoms with Crippen molar-refractivity contribution in [1.82, 2.24) is 4.90 Å². The van der Waals surface area contributed by atoms with Crippen molar-refractivity contribution >= 4 is 51.7 Å². The van der Waals surface area contributed by atoms with E-state index < -0.39 is 5.25 Å². The summed E-state index contributed by atoms with van der Waals surface area (Å²) in [5, 5.41) is 3.38. The molecule has 0 aliphatic carbocycles. The Bertz CT molecular complexity index is 993. The first kappa shape index (κ1) is 21.2. The molecule has 0 radical (unpaired) electrons. The summed E-state index contributed by atoms with van der Waals surface area (Å²) in [6.07, 6.45) is 0.0624. The number of ether oxygens (including phenoxy) is 1. The van der Waals surface area contributed by atoms with Crippen LogP contribution in [0.3, 0.4) is 0 Å². The molecular weight excluding hydrogens is 410 g/mol. The van der Waals surface area contributed by atoms with Gasteiger partial charge in [-0.05, 0) is 43.7 Å². The molecule has 0 bridgehead atoms. The number of aliphatic imine (C=N–C) groups is 1. The fourth-order valence-corrected chi connectivity index (χ4v) is 4.29. The number of anilines is 1. The summed E-state index contributed by atoms with van der Waals surface area (Å²) in [4.78, 5) is 31.1. The molecule has 1 fully saturated rings. The number of amides is 2. The Hall–Kier alpha value is -2.51. The Kier molecular flexibility index (Phi) is 6.49. The molecule has 1 saturated heterocycles. The third-order valence-corrected chi connectivity index (χ3v) is 5.99. The van der Waals surface area contributed by atoms with Gasteiger partial charge in [-0.25, -0.2) is 4.99 Å². The number of rotatable bonds is 5. The number of carbonyl (C=O) groups excluding carboxylic acids is 2. The number of nitrogens with zero attached hydrogens (tertiary/aromatic N) is 2. The lowest BCUT2D eigenvalue weighted by Crippen LogP contribution is -2.30. The van der Waals surface area contributed by atoms with E-state index in [2.05, 4.69) is 10.3 Å². The second-order valence-electron chi connectivity index (χ2n) is 6.78. The van der Waals surface area contributed by atoms with E-state index in [0.29, 0.717) is 21.6 Å². The maximum atomic E-state index is 12.6. The number of hydrogen-bond donors (Lipinski definition) is 1. The number of methoxy groups -OCH3 is 1. The van der Waals surface area contributed by atoms with Gasteiger partial charge in [0, 0.05) is 24.2 Å². The van der Waals surface area contributed by atoms with Crippen LogP contribution >= 0.6 is 23.4 Å². The molecule has 0 saturated carbocycles. The molecule has 29 heavy (non-hydrogen) atoms. The van der Waals surface area contributed by atoms with Crippen molar-refractivity contribution in [2.45, 2.75) is 25.5 Å². The number of aryl methyl sites for hydroxylation is 2. The number of halogens is 1. The van der Waals surface area contributed by atoms with Crippen LogP contribution < -0.4 is 10.1 Å². The van der Waals surface area contributed by atoms with E-state index in [1.165, 1.54) is 16.7 Å². The van der Waals surface area contributed by atoms with Gasteiger partial charge in [-0.15, -0.1) is 0 Å². The first-order valence-electron chi connectivity index (χ1n) is 9.02. The molecule has 6 nitrogen and oxygen atoms in total. The van der Waals surface area contributed by atoms with E-state index in [1.807, 2.05) is 32.0 Å². The lowest BCUT2D eigenvalue weighted by molar-refractivity contribution is -0.127. The van der Waals surface area contributed by atoms with E-state index >= 15 is 0 Å². The van der Waals surface area contributed by atoms with Crippen LogP contribution in [0.15, 0.2) is 41.4 Å². The number of hydrogen-bond acceptors (Lipinski definition) is 5. The molecule has 0 aromatic heterocycles. The maximum absolute atomic E-state index is 12.6. The van der Waals surface area contributed by atoms with Gasteiger partial charge in [0.15, 0.2) is 5.17 Å². The van der Waals surface area contributed by atoms with Crippen LogP contribution in [0.2, 0.25) is 5.02 Å². The molecule has 1 N–H and O–H groups in total. The predicted molar refractivity (Wildman–Crippen MR) is 118 cm³/mol. The highest BCUT2D eigenvalue weighted by molar-refractivity contribution is 8.15. The average Bonchev–Trinajstić information content (AvgIpc) is 2.92. The van der Waals surface area contributed by atoms with Crippen molar-refractivity contribution in [3.63, 3.8) is 0 Å². The molecule has 3 rings (SSSR count). The second-order valence-corrected chi connectivity index (χ2v) is 8.39. The number of carbonyl (C=O) groups is 2. The molecule has 2 aromatic carbocycles. The standard InChI is InChI=1S/C21H22ClN3O3S/c1-12-5-7-15(13(2)9-12)23-19(26)11-18-20(27)25(3)21(29-18)24-16-10-14(22)6-8-17(16)28-4/h5-10,18H,11H2,1-4H3,(H,23,26)/t18-/m0/s1. The number of amidine groups is 1. The fraction of sp³-hybridized carbons (Fsp3) is 0.286. The van der Waals surface area contributed by atoms with Crippen LogP contribution in [0.1, 0.15) is 17.5 Å². The molecule has 0 unspecified atom stereocenters. The Labute approximate surface area is 179 Å². The van der Waals surface area contributed by atoms with E-state index in [9.17, 15) is 9.59 Å². The molecule has 1 aliphatic heterocycles. The van der Waals surface area contributed by atoms with E-state index in [-0.39, 0.29) is 18.2 Å². The zero-order chi connectivity index (χ0) is 21.1. The van der Waals surface area contributed by atoms with Gasteiger partial charge in [0.1, 0.15) is 16.7 Å². The van der Waals surface area contributed by atoms with Gasteiger partial charge in [0.25, 0.3) is 0 Å². The number of thioether (sulfide) groups is 1. The highest BCUT2D eigenvalue weighted by atomic mass is 35.5. The molecule has 2 aromatic rings. The second kappa shape index (κ2) is 8.88. The highest BCUT2D eigenvalue weighted by Crippen LogP contribution is 2.35. The smallest absolute Gasteiger partial charge is 0.242 e. The zero-order valence-electron chi connectivity index (χ0n) is 16.7. The van der Waals surface area contributed by atoms with Gasteiger partial charge >= 0.3 is 0 Å². The van der Waals surface area contributed by atoms with Crippen molar-refractivity contribution in [3.05, 3.63) is 52.5 Å². The van der Waals surface area contributed by atoms with Gasteiger partial charge in [-0.2, -0.15) is 0 Å². The third-order valence-electron chi connectivity index (χ3n) is 4.52. The van der Waals surface area contributed by atoms with Gasteiger partial charge in [0.05, 0.1) is 7.11 Å². The summed E-state index contributed by atoms with van der Waals surface area (Å²) >= 11 is 7.32. The van der Waals surface area contributed by atoms with Crippen LogP contribution in [0.5, 0.6) is 5.75 Å². The van der Waals surface area contributed by atoms with E-state index in [1.54, 1.807) is 32.4 Å². The third kappa shape index (κ3) is 4.92. The summed E-state index contributed by atoms with van der Waals surface area (Å²) in [6.45, 7) is 3.94. The largest absolute Gasteiger partial charge is 0.494 e. The van der Waals surface area contributed by atoms with Gasteiger partial charge in [-0.1, -0.05) is 41.1 Å². The number of benzene rings is 2. The molecular formula is C21H22ClN3O3S. The maximum Gasteiger partial charge on any atom is 0.242 e. The predicted octanol–water partition coefficient (Wildman–Crippen LogP) is 4.56. The van der Waals surface area contributed by atoms with Gasteiger partial charge in [0.2, 0.25) is 11.8 Å². The van der Waals surface area contributed by atoms with Gasteiger partial charge in [-0.3, -0.25) is 14.5 Å². The monoisotopic (exact) mass is 431 g/mol. The lowest BCUT2D eigenvalue weighted by Gasteiger charge is -2.11. The molecule has 1 heterocycles. The van der Waals surface area contributed by atoms with Crippen LogP contribution in [0.25, 0.3) is 0 Å². The lowest BCUT2D eigenvalue weighted by atomic mass is 10.1. The Morgan fingerprint density at radius 1 is 1.28 bits per heavy atom. The van der Waals surface area contributed by atoms with Crippen LogP contribution in [-0.4, -0.2) is 41.3 Å². The summed E-state index contributed by atoms with van der Waals surface area (Å²) in [5.41, 5.74) is 3.39. The highest BCUT2D eigenvalue weighted by Gasteiger charge is 2.37. The molecule has 152 valence electrons. The molecule has 1 atom stereocenters. The zero-order valence-corrected chi connectivity index (χ0v) is 18.2. The molecule has 2 amide bonds. The van der Waals surface area contributed by atoms with Gasteiger partial charge < -0.3 is 10.1 Å². The van der Waals surface area contributed by atoms with E-state index in [0.717, 1.165) is 16.8 Å². The molecule has 8 heteroatoms. The Morgan fingerprint density at radius 3 is 2.72 bits per heavy atom. The molecule has 1 aliphatic rings. The van der Waals surface area contributed by atoms with Crippen molar-refractivity contribution in [2.75, 3.05) is 19.5 Å². The van der Waals surface area contributed by atoms with Crippen molar-refractivity contribution in [3.8, 4) is 5.75 Å². The van der Waals surface area contributed by atoms with Crippen LogP contribution in [-0.2, 0) is 9.59 Å². The molecule has 0 spiro atoms. The first-order chi connectivity index (χ1) is 13.8. The summed E-state index contributed by atoms with van der Waals surface area (Å²) in [5.74, 6) is 0.183. The Morgan fingerprint density at radius 2 is 2.03 bits per heavy atom. The van der Waals surface area contributed by atoms with Crippen molar-refractivity contribution in [1.29, 1.82) is 0 Å². The minimum atomic E-state index is -0.533. The van der Waals surface area contributed by atoms with E-state index in [4.69, 9.17) is 16.3 Å². The SMILES string of the molecule is COc1ccc(Cl)cc1N=C1S[C@@H](CC(=O)Nc2ccc(C)cc2C)C(=O)N1C. The van der Waals surface area contributed by atoms with Crippen LogP contribution in [0.4, 0.5) is 11.4 Å². The minimum Gasteiger partial charge on any atom is -0.494 e. The van der Waals surface area contributed by atoms with Crippen LogP contribution in [0, 0.1) is 13.8 Å². The summed E-state index contributed by atoms with van der Waals surface area (Å²) in [6, 6.07) is 10.9. The fourth-order valence-electron chi connectivity index (χ4n) is 2.97. The summed E-state index contributed by atoms with van der Waals surface area (Å²) in [7, 11) is 3.19. The minimum absolute atomic E-state index is 0.0624. The average molecular weight is 432 g/mol. The van der Waals surface area contributed by atoms with Crippen molar-refractivity contribution < 1.29 is 14.3 Å². The Balaban J connectivity index is 1.73. The summed E-state index contributed by atoms with van der Waals surface area (Å²) < 4.78 is 5.31. The normalized spacial score (nSPS) is 17.7. The number of nitrogens with one attached hydrogen (secondary N) is 1. The topological polar surface area (TPSA) is 71.0 Å². The quantitative estimate of drug-likeness (QED) is 0.753. The first-order valence-corrected chi connectivity index (χ1v) is 10.3.